The van der Waals surface area contributed by atoms with Crippen molar-refractivity contribution in [2.75, 3.05) is 12.3 Å². The molecule has 0 aliphatic rings. The summed E-state index contributed by atoms with van der Waals surface area (Å²) in [5.41, 5.74) is 4.78. The molecule has 0 aliphatic heterocycles. The van der Waals surface area contributed by atoms with Gasteiger partial charge in [0, 0.05) is 6.54 Å². The predicted molar refractivity (Wildman–Crippen MR) is 31.2 cm³/mol. The van der Waals surface area contributed by atoms with Crippen molar-refractivity contribution >= 4 is 47.9 Å². The first-order chi connectivity index (χ1) is 3.06. The molecule has 8 heavy (non-hydrogen) atoms. The van der Waals surface area contributed by atoms with Gasteiger partial charge in [-0.05, 0) is 0 Å². The summed E-state index contributed by atoms with van der Waals surface area (Å²) in [5.74, 6) is -0.354. The minimum Gasteiger partial charge on any atom is -0.329 e. The van der Waals surface area contributed by atoms with Crippen LogP contribution in [0.5, 0.6) is 0 Å². The van der Waals surface area contributed by atoms with Crippen molar-refractivity contribution in [2.24, 2.45) is 5.73 Å². The molecule has 0 heterocycles. The third-order valence-corrected chi connectivity index (χ3v) is 1.13. The molecule has 4 nitrogen and oxygen atoms in total. The summed E-state index contributed by atoms with van der Waals surface area (Å²) >= 11 is 0. The molecule has 0 aromatic carbocycles. The van der Waals surface area contributed by atoms with Gasteiger partial charge in [0.2, 0.25) is 0 Å². The van der Waals surface area contributed by atoms with Gasteiger partial charge < -0.3 is 5.73 Å². The summed E-state index contributed by atoms with van der Waals surface area (Å²) in [7, 11) is -3.80. The van der Waals surface area contributed by atoms with Crippen LogP contribution in [0.1, 0.15) is 0 Å². The van der Waals surface area contributed by atoms with Crippen LogP contribution in [-0.2, 0) is 10.1 Å². The van der Waals surface area contributed by atoms with Crippen LogP contribution in [0, 0.1) is 0 Å². The van der Waals surface area contributed by atoms with Crippen LogP contribution in [0.2, 0.25) is 0 Å². The van der Waals surface area contributed by atoms with Crippen LogP contribution < -0.4 is 5.73 Å². The summed E-state index contributed by atoms with van der Waals surface area (Å²) in [6, 6.07) is 0. The smallest absolute Gasteiger partial charge is 0.329 e. The Morgan fingerprint density at radius 2 is 1.88 bits per heavy atom. The first-order valence-electron chi connectivity index (χ1n) is 1.71. The van der Waals surface area contributed by atoms with E-state index in [0.717, 1.165) is 0 Å². The fraction of sp³-hybridized carbons (Fsp3) is 1.00. The van der Waals surface area contributed by atoms with Gasteiger partial charge in [0.25, 0.3) is 10.1 Å². The number of nitrogens with two attached hydrogens (primary N) is 1. The van der Waals surface area contributed by atoms with Gasteiger partial charge in [-0.15, -0.1) is 0 Å². The second-order valence-corrected chi connectivity index (χ2v) is 2.65. The van der Waals surface area contributed by atoms with Gasteiger partial charge in [-0.25, -0.2) is 0 Å². The van der Waals surface area contributed by atoms with Crippen molar-refractivity contribution in [3.8, 4) is 0 Å². The fourth-order valence-corrected chi connectivity index (χ4v) is 0.447. The van der Waals surface area contributed by atoms with Crippen LogP contribution in [0.25, 0.3) is 0 Å². The number of hydrogen-bond donors (Lipinski definition) is 2. The molecule has 0 aromatic heterocycles. The molecule has 44 valence electrons. The fourth-order valence-electron chi connectivity index (χ4n) is 0.149. The van der Waals surface area contributed by atoms with Gasteiger partial charge in [0.05, 0.1) is 5.75 Å². The molecule has 0 spiro atoms. The summed E-state index contributed by atoms with van der Waals surface area (Å²) in [5, 5.41) is 0. The van der Waals surface area contributed by atoms with Gasteiger partial charge in [-0.2, -0.15) is 8.42 Å². The molecule has 6 heteroatoms. The van der Waals surface area contributed by atoms with E-state index >= 15 is 0 Å². The Hall–Kier alpha value is 1.13. The third-order valence-electron chi connectivity index (χ3n) is 0.376. The molecule has 0 saturated heterocycles. The second-order valence-electron chi connectivity index (χ2n) is 1.07. The minimum absolute atomic E-state index is 0. The van der Waals surface area contributed by atoms with E-state index in [-0.39, 0.29) is 50.0 Å². The van der Waals surface area contributed by atoms with Crippen LogP contribution in [0.15, 0.2) is 0 Å². The maximum Gasteiger partial charge on any atom is 2.00 e. The van der Waals surface area contributed by atoms with E-state index < -0.39 is 10.1 Å². The molecule has 0 aliphatic carbocycles. The standard InChI is InChI=1S/C2H7NO3S.Ca/c3-1-2-7(4,5)6;/h1-3H2,(H,4,5,6);/q;+2. The Bertz CT molecular complexity index is 130. The van der Waals surface area contributed by atoms with Crippen LogP contribution in [0.3, 0.4) is 0 Å². The van der Waals surface area contributed by atoms with Crippen molar-refractivity contribution in [1.82, 2.24) is 0 Å². The Balaban J connectivity index is 0. The van der Waals surface area contributed by atoms with Crippen LogP contribution in [0.4, 0.5) is 0 Å². The van der Waals surface area contributed by atoms with Crippen LogP contribution in [-0.4, -0.2) is 63.0 Å². The molecule has 0 radical (unpaired) electrons. The zero-order valence-electron chi connectivity index (χ0n) is 4.37. The molecule has 0 amide bonds. The van der Waals surface area contributed by atoms with E-state index in [1.165, 1.54) is 0 Å². The normalized spacial score (nSPS) is 10.2. The average molecular weight is 165 g/mol. The summed E-state index contributed by atoms with van der Waals surface area (Å²) < 4.78 is 27.3. The molecular weight excluding hydrogens is 158 g/mol. The first-order valence-corrected chi connectivity index (χ1v) is 3.32. The molecular formula is C2H7CaNO3S+2. The number of hydrogen-bond acceptors (Lipinski definition) is 3. The Morgan fingerprint density at radius 3 is 1.88 bits per heavy atom. The summed E-state index contributed by atoms with van der Waals surface area (Å²) in [6.45, 7) is -0.0289. The molecule has 0 unspecified atom stereocenters. The zero-order chi connectivity index (χ0) is 5.91. The third kappa shape index (κ3) is 10.2. The Morgan fingerprint density at radius 1 is 1.50 bits per heavy atom. The molecule has 0 rings (SSSR count). The van der Waals surface area contributed by atoms with E-state index in [2.05, 4.69) is 0 Å². The molecule has 0 atom stereocenters. The van der Waals surface area contributed by atoms with Gasteiger partial charge in [0.1, 0.15) is 0 Å². The van der Waals surface area contributed by atoms with E-state index in [0.29, 0.717) is 0 Å². The predicted octanol–water partition coefficient (Wildman–Crippen LogP) is -1.55. The van der Waals surface area contributed by atoms with Gasteiger partial charge in [-0.1, -0.05) is 0 Å². The SMILES string of the molecule is NCCS(=O)(=O)O.[Ca+2]. The molecule has 0 saturated carbocycles. The molecule has 0 bridgehead atoms. The van der Waals surface area contributed by atoms with Crippen molar-refractivity contribution in [3.05, 3.63) is 0 Å². The van der Waals surface area contributed by atoms with Crippen molar-refractivity contribution in [2.45, 2.75) is 0 Å². The quantitative estimate of drug-likeness (QED) is 0.383. The first kappa shape index (κ1) is 11.9. The minimum atomic E-state index is -3.80. The number of rotatable bonds is 2. The van der Waals surface area contributed by atoms with Gasteiger partial charge >= 0.3 is 37.7 Å². The van der Waals surface area contributed by atoms with E-state index in [9.17, 15) is 8.42 Å². The largest absolute Gasteiger partial charge is 2.00 e. The summed E-state index contributed by atoms with van der Waals surface area (Å²) in [4.78, 5) is 0. The molecule has 0 aromatic rings. The van der Waals surface area contributed by atoms with Crippen LogP contribution >= 0.6 is 0 Å². The monoisotopic (exact) mass is 165 g/mol. The summed E-state index contributed by atoms with van der Waals surface area (Å²) in [6.07, 6.45) is 0. The maximum atomic E-state index is 9.71. The second kappa shape index (κ2) is 4.96. The van der Waals surface area contributed by atoms with E-state index in [1.807, 2.05) is 0 Å². The van der Waals surface area contributed by atoms with Gasteiger partial charge in [-0.3, -0.25) is 4.55 Å². The van der Waals surface area contributed by atoms with Crippen molar-refractivity contribution in [1.29, 1.82) is 0 Å². The molecule has 3 N–H and O–H groups in total. The maximum absolute atomic E-state index is 9.71. The Labute approximate surface area is 78.2 Å². The zero-order valence-corrected chi connectivity index (χ0v) is 7.40. The average Bonchev–Trinajstić information content (AvgIpc) is 1.30. The topological polar surface area (TPSA) is 80.4 Å². The van der Waals surface area contributed by atoms with E-state index in [1.54, 1.807) is 0 Å². The Kier molecular flexibility index (Phi) is 7.36. The van der Waals surface area contributed by atoms with Gasteiger partial charge in [0.15, 0.2) is 0 Å². The van der Waals surface area contributed by atoms with E-state index in [4.69, 9.17) is 10.3 Å². The van der Waals surface area contributed by atoms with Crippen molar-refractivity contribution in [3.63, 3.8) is 0 Å². The molecule has 0 fully saturated rings. The van der Waals surface area contributed by atoms with Crippen molar-refractivity contribution < 1.29 is 13.0 Å².